The third kappa shape index (κ3) is 5.21. The molecular formula is C16H25NO3. The van der Waals surface area contributed by atoms with E-state index in [-0.39, 0.29) is 18.0 Å². The van der Waals surface area contributed by atoms with Crippen molar-refractivity contribution in [2.24, 2.45) is 5.92 Å². The summed E-state index contributed by atoms with van der Waals surface area (Å²) < 4.78 is 10.6. The molecule has 0 aliphatic rings. The summed E-state index contributed by atoms with van der Waals surface area (Å²) in [6, 6.07) is 8.00. The van der Waals surface area contributed by atoms with Crippen LogP contribution < -0.4 is 4.74 Å². The molecular weight excluding hydrogens is 254 g/mol. The zero-order valence-electron chi connectivity index (χ0n) is 13.1. The highest BCUT2D eigenvalue weighted by atomic mass is 16.5. The van der Waals surface area contributed by atoms with Crippen LogP contribution >= 0.6 is 0 Å². The molecule has 0 heterocycles. The van der Waals surface area contributed by atoms with Gasteiger partial charge in [-0.2, -0.15) is 0 Å². The molecule has 0 radical (unpaired) electrons. The van der Waals surface area contributed by atoms with E-state index in [4.69, 9.17) is 9.47 Å². The quantitative estimate of drug-likeness (QED) is 0.719. The van der Waals surface area contributed by atoms with Crippen LogP contribution in [0.2, 0.25) is 0 Å². The van der Waals surface area contributed by atoms with E-state index in [0.717, 1.165) is 17.9 Å². The predicted molar refractivity (Wildman–Crippen MR) is 79.7 cm³/mol. The fourth-order valence-electron chi connectivity index (χ4n) is 2.10. The Kier molecular flexibility index (Phi) is 6.52. The van der Waals surface area contributed by atoms with Gasteiger partial charge in [-0.1, -0.05) is 25.1 Å². The Morgan fingerprint density at radius 1 is 1.25 bits per heavy atom. The summed E-state index contributed by atoms with van der Waals surface area (Å²) in [5.41, 5.74) is 1.13. The second-order valence-electron chi connectivity index (χ2n) is 5.40. The van der Waals surface area contributed by atoms with Crippen molar-refractivity contribution < 1.29 is 14.3 Å². The van der Waals surface area contributed by atoms with Crippen molar-refractivity contribution in [1.82, 2.24) is 4.90 Å². The zero-order chi connectivity index (χ0) is 15.1. The molecule has 0 aliphatic heterocycles. The van der Waals surface area contributed by atoms with Crippen LogP contribution in [-0.4, -0.2) is 37.7 Å². The standard InChI is InChI=1S/C16H25NO3/c1-12(2)20-15-9-7-6-8-14(15)11-17(4)10-13(3)16(18)19-5/h6-9,12-13H,10-11H2,1-5H3. The molecule has 4 heteroatoms. The number of esters is 1. The van der Waals surface area contributed by atoms with Crippen molar-refractivity contribution >= 4 is 5.97 Å². The molecule has 0 saturated heterocycles. The maximum absolute atomic E-state index is 11.4. The Morgan fingerprint density at radius 2 is 1.90 bits per heavy atom. The van der Waals surface area contributed by atoms with E-state index < -0.39 is 0 Å². The van der Waals surface area contributed by atoms with E-state index in [9.17, 15) is 4.79 Å². The van der Waals surface area contributed by atoms with Crippen molar-refractivity contribution in [3.8, 4) is 5.75 Å². The van der Waals surface area contributed by atoms with Gasteiger partial charge in [-0.15, -0.1) is 0 Å². The summed E-state index contributed by atoms with van der Waals surface area (Å²) in [4.78, 5) is 13.5. The summed E-state index contributed by atoms with van der Waals surface area (Å²) in [6.07, 6.45) is 0.149. The van der Waals surface area contributed by atoms with Gasteiger partial charge in [-0.25, -0.2) is 0 Å². The van der Waals surface area contributed by atoms with Crippen LogP contribution in [0.15, 0.2) is 24.3 Å². The van der Waals surface area contributed by atoms with Crippen LogP contribution in [0.1, 0.15) is 26.3 Å². The Hall–Kier alpha value is -1.55. The molecule has 0 saturated carbocycles. The first kappa shape index (κ1) is 16.5. The van der Waals surface area contributed by atoms with E-state index in [1.54, 1.807) is 0 Å². The topological polar surface area (TPSA) is 38.8 Å². The van der Waals surface area contributed by atoms with Crippen molar-refractivity contribution in [1.29, 1.82) is 0 Å². The van der Waals surface area contributed by atoms with Crippen LogP contribution in [-0.2, 0) is 16.1 Å². The molecule has 0 spiro atoms. The smallest absolute Gasteiger partial charge is 0.309 e. The first-order chi connectivity index (χ1) is 9.43. The van der Waals surface area contributed by atoms with Crippen LogP contribution in [0.4, 0.5) is 0 Å². The van der Waals surface area contributed by atoms with Crippen LogP contribution in [0.25, 0.3) is 0 Å². The number of nitrogens with zero attached hydrogens (tertiary/aromatic N) is 1. The molecule has 0 N–H and O–H groups in total. The molecule has 112 valence electrons. The summed E-state index contributed by atoms with van der Waals surface area (Å²) in [5.74, 6) is 0.590. The van der Waals surface area contributed by atoms with E-state index in [1.165, 1.54) is 7.11 Å². The molecule has 0 aliphatic carbocycles. The van der Waals surface area contributed by atoms with Crippen LogP contribution in [0, 0.1) is 5.92 Å². The Morgan fingerprint density at radius 3 is 2.50 bits per heavy atom. The number of hydrogen-bond donors (Lipinski definition) is 0. The lowest BCUT2D eigenvalue weighted by atomic mass is 10.1. The summed E-state index contributed by atoms with van der Waals surface area (Å²) in [5, 5.41) is 0. The Balaban J connectivity index is 2.66. The first-order valence-corrected chi connectivity index (χ1v) is 6.95. The van der Waals surface area contributed by atoms with Gasteiger partial charge in [0.25, 0.3) is 0 Å². The van der Waals surface area contributed by atoms with Gasteiger partial charge < -0.3 is 14.4 Å². The van der Waals surface area contributed by atoms with Crippen molar-refractivity contribution in [3.63, 3.8) is 0 Å². The van der Waals surface area contributed by atoms with E-state index in [0.29, 0.717) is 6.54 Å². The number of para-hydroxylation sites is 1. The monoisotopic (exact) mass is 279 g/mol. The highest BCUT2D eigenvalue weighted by Gasteiger charge is 2.16. The largest absolute Gasteiger partial charge is 0.491 e. The van der Waals surface area contributed by atoms with Crippen molar-refractivity contribution in [2.75, 3.05) is 20.7 Å². The summed E-state index contributed by atoms with van der Waals surface area (Å²) in [6.45, 7) is 7.30. The molecule has 0 aromatic heterocycles. The Labute approximate surface area is 121 Å². The van der Waals surface area contributed by atoms with Gasteiger partial charge in [0.2, 0.25) is 0 Å². The molecule has 4 nitrogen and oxygen atoms in total. The number of carbonyl (C=O) groups is 1. The highest BCUT2D eigenvalue weighted by molar-refractivity contribution is 5.72. The maximum Gasteiger partial charge on any atom is 0.309 e. The number of methoxy groups -OCH3 is 1. The average molecular weight is 279 g/mol. The number of carbonyl (C=O) groups excluding carboxylic acids is 1. The lowest BCUT2D eigenvalue weighted by molar-refractivity contribution is -0.145. The molecule has 0 bridgehead atoms. The molecule has 1 rings (SSSR count). The van der Waals surface area contributed by atoms with Gasteiger partial charge >= 0.3 is 5.97 Å². The predicted octanol–water partition coefficient (Wildman–Crippen LogP) is 2.71. The molecule has 0 amide bonds. The third-order valence-corrected chi connectivity index (χ3v) is 2.96. The Bertz CT molecular complexity index is 431. The maximum atomic E-state index is 11.4. The second kappa shape index (κ2) is 7.90. The lowest BCUT2D eigenvalue weighted by Crippen LogP contribution is -2.29. The van der Waals surface area contributed by atoms with Gasteiger partial charge in [0.1, 0.15) is 5.75 Å². The molecule has 1 aromatic rings. The van der Waals surface area contributed by atoms with E-state index in [1.807, 2.05) is 46.0 Å². The minimum absolute atomic E-state index is 0.136. The summed E-state index contributed by atoms with van der Waals surface area (Å²) in [7, 11) is 3.41. The molecule has 20 heavy (non-hydrogen) atoms. The highest BCUT2D eigenvalue weighted by Crippen LogP contribution is 2.21. The van der Waals surface area contributed by atoms with Crippen LogP contribution in [0.5, 0.6) is 5.75 Å². The lowest BCUT2D eigenvalue weighted by Gasteiger charge is -2.22. The molecule has 1 aromatic carbocycles. The normalized spacial score (nSPS) is 12.6. The van der Waals surface area contributed by atoms with Gasteiger partial charge in [-0.05, 0) is 27.0 Å². The minimum atomic E-state index is -0.177. The third-order valence-electron chi connectivity index (χ3n) is 2.96. The second-order valence-corrected chi connectivity index (χ2v) is 5.40. The molecule has 1 atom stereocenters. The molecule has 1 unspecified atom stereocenters. The molecule has 0 fully saturated rings. The van der Waals surface area contributed by atoms with Gasteiger partial charge in [0, 0.05) is 18.7 Å². The van der Waals surface area contributed by atoms with Gasteiger partial charge in [-0.3, -0.25) is 4.79 Å². The minimum Gasteiger partial charge on any atom is -0.491 e. The number of rotatable bonds is 7. The van der Waals surface area contributed by atoms with Crippen molar-refractivity contribution in [2.45, 2.75) is 33.4 Å². The fourth-order valence-corrected chi connectivity index (χ4v) is 2.10. The van der Waals surface area contributed by atoms with Crippen LogP contribution in [0.3, 0.4) is 0 Å². The first-order valence-electron chi connectivity index (χ1n) is 6.95. The fraction of sp³-hybridized carbons (Fsp3) is 0.562. The van der Waals surface area contributed by atoms with Gasteiger partial charge in [0.15, 0.2) is 0 Å². The van der Waals surface area contributed by atoms with E-state index in [2.05, 4.69) is 11.0 Å². The van der Waals surface area contributed by atoms with Crippen molar-refractivity contribution in [3.05, 3.63) is 29.8 Å². The number of ether oxygens (including phenoxy) is 2. The zero-order valence-corrected chi connectivity index (χ0v) is 13.1. The summed E-state index contributed by atoms with van der Waals surface area (Å²) >= 11 is 0. The van der Waals surface area contributed by atoms with Gasteiger partial charge in [0.05, 0.1) is 19.1 Å². The SMILES string of the molecule is COC(=O)C(C)CN(C)Cc1ccccc1OC(C)C. The number of hydrogen-bond acceptors (Lipinski definition) is 4. The average Bonchev–Trinajstić information content (AvgIpc) is 2.39. The van der Waals surface area contributed by atoms with E-state index >= 15 is 0 Å². The number of benzene rings is 1.